The molecule has 0 radical (unpaired) electrons. The average molecular weight is 287 g/mol. The number of carbonyl (C=O) groups is 2. The Morgan fingerprint density at radius 3 is 2.86 bits per heavy atom. The first kappa shape index (κ1) is 14.9. The second-order valence-electron chi connectivity index (χ2n) is 4.82. The standard InChI is InChI=1S/C15H17N3O3/c1-2-17(8-3-7-16)15(21)18-9-6-11-10-12(14(19)20)4-5-13(11)18/h4-5,10H,2-3,6,8-9H2,1H3,(H,19,20). The van der Waals surface area contributed by atoms with Gasteiger partial charge in [-0.15, -0.1) is 0 Å². The largest absolute Gasteiger partial charge is 0.478 e. The molecule has 1 N–H and O–H groups in total. The number of nitriles is 1. The van der Waals surface area contributed by atoms with Gasteiger partial charge in [-0.25, -0.2) is 9.59 Å². The van der Waals surface area contributed by atoms with Crippen LogP contribution in [-0.2, 0) is 6.42 Å². The number of benzene rings is 1. The van der Waals surface area contributed by atoms with Crippen LogP contribution in [0.2, 0.25) is 0 Å². The molecular formula is C15H17N3O3. The SMILES string of the molecule is CCN(CCC#N)C(=O)N1CCc2cc(C(=O)O)ccc21. The molecule has 110 valence electrons. The van der Waals surface area contributed by atoms with Crippen LogP contribution in [0.1, 0.15) is 29.3 Å². The van der Waals surface area contributed by atoms with Crippen molar-refractivity contribution in [3.63, 3.8) is 0 Å². The second-order valence-corrected chi connectivity index (χ2v) is 4.82. The van der Waals surface area contributed by atoms with Crippen LogP contribution in [0, 0.1) is 11.3 Å². The maximum atomic E-state index is 12.5. The van der Waals surface area contributed by atoms with Gasteiger partial charge in [-0.05, 0) is 37.1 Å². The monoisotopic (exact) mass is 287 g/mol. The summed E-state index contributed by atoms with van der Waals surface area (Å²) in [5.41, 5.74) is 1.87. The van der Waals surface area contributed by atoms with Gasteiger partial charge in [0.2, 0.25) is 0 Å². The number of nitrogens with zero attached hydrogens (tertiary/aromatic N) is 3. The lowest BCUT2D eigenvalue weighted by atomic mass is 10.1. The molecule has 0 aromatic heterocycles. The van der Waals surface area contributed by atoms with Gasteiger partial charge in [-0.1, -0.05) is 0 Å². The minimum Gasteiger partial charge on any atom is -0.478 e. The summed E-state index contributed by atoms with van der Waals surface area (Å²) < 4.78 is 0. The number of fused-ring (bicyclic) bond motifs is 1. The molecule has 0 spiro atoms. The van der Waals surface area contributed by atoms with Gasteiger partial charge in [-0.3, -0.25) is 4.90 Å². The summed E-state index contributed by atoms with van der Waals surface area (Å²) in [6.07, 6.45) is 0.955. The van der Waals surface area contributed by atoms with E-state index in [0.29, 0.717) is 32.5 Å². The van der Waals surface area contributed by atoms with Crippen LogP contribution in [-0.4, -0.2) is 41.6 Å². The van der Waals surface area contributed by atoms with Gasteiger partial charge < -0.3 is 10.0 Å². The third kappa shape index (κ3) is 2.97. The van der Waals surface area contributed by atoms with Crippen molar-refractivity contribution in [2.75, 3.05) is 24.5 Å². The zero-order valence-corrected chi connectivity index (χ0v) is 11.9. The molecule has 21 heavy (non-hydrogen) atoms. The molecule has 0 fully saturated rings. The first-order valence-corrected chi connectivity index (χ1v) is 6.88. The Bertz CT molecular complexity index is 607. The molecule has 2 amide bonds. The molecule has 6 nitrogen and oxygen atoms in total. The lowest BCUT2D eigenvalue weighted by Crippen LogP contribution is -2.42. The number of carboxylic acids is 1. The number of amides is 2. The first-order valence-electron chi connectivity index (χ1n) is 6.88. The molecule has 6 heteroatoms. The fourth-order valence-corrected chi connectivity index (χ4v) is 2.48. The predicted octanol–water partition coefficient (Wildman–Crippen LogP) is 2.10. The molecule has 0 aliphatic carbocycles. The van der Waals surface area contributed by atoms with Crippen molar-refractivity contribution in [2.45, 2.75) is 19.8 Å². The van der Waals surface area contributed by atoms with Crippen LogP contribution in [0.25, 0.3) is 0 Å². The van der Waals surface area contributed by atoms with Gasteiger partial charge >= 0.3 is 12.0 Å². The molecule has 2 rings (SSSR count). The van der Waals surface area contributed by atoms with Crippen LogP contribution in [0.5, 0.6) is 0 Å². The molecule has 0 unspecified atom stereocenters. The Morgan fingerprint density at radius 1 is 1.48 bits per heavy atom. The van der Waals surface area contributed by atoms with Crippen LogP contribution < -0.4 is 4.90 Å². The molecule has 1 aliphatic heterocycles. The molecule has 1 aromatic rings. The number of anilines is 1. The summed E-state index contributed by atoms with van der Waals surface area (Å²) in [5.74, 6) is -0.966. The normalized spacial score (nSPS) is 12.7. The zero-order chi connectivity index (χ0) is 15.4. The Morgan fingerprint density at radius 2 is 2.24 bits per heavy atom. The molecule has 1 aromatic carbocycles. The molecule has 1 aliphatic rings. The maximum absolute atomic E-state index is 12.5. The van der Waals surface area contributed by atoms with Crippen molar-refractivity contribution in [2.24, 2.45) is 0 Å². The third-order valence-corrected chi connectivity index (χ3v) is 3.60. The van der Waals surface area contributed by atoms with Crippen molar-refractivity contribution in [3.05, 3.63) is 29.3 Å². The van der Waals surface area contributed by atoms with E-state index in [0.717, 1.165) is 11.3 Å². The summed E-state index contributed by atoms with van der Waals surface area (Å²) in [6, 6.07) is 6.73. The highest BCUT2D eigenvalue weighted by atomic mass is 16.4. The van der Waals surface area contributed by atoms with Crippen molar-refractivity contribution in [3.8, 4) is 6.07 Å². The first-order chi connectivity index (χ1) is 10.1. The van der Waals surface area contributed by atoms with Crippen molar-refractivity contribution < 1.29 is 14.7 Å². The molecular weight excluding hydrogens is 270 g/mol. The number of hydrogen-bond donors (Lipinski definition) is 1. The smallest absolute Gasteiger partial charge is 0.335 e. The minimum absolute atomic E-state index is 0.130. The zero-order valence-electron chi connectivity index (χ0n) is 11.9. The van der Waals surface area contributed by atoms with E-state index in [1.165, 1.54) is 6.07 Å². The quantitative estimate of drug-likeness (QED) is 0.919. The minimum atomic E-state index is -0.966. The summed E-state index contributed by atoms with van der Waals surface area (Å²) in [4.78, 5) is 26.7. The van der Waals surface area contributed by atoms with Crippen LogP contribution in [0.15, 0.2) is 18.2 Å². The van der Waals surface area contributed by atoms with E-state index in [2.05, 4.69) is 0 Å². The molecule has 0 saturated carbocycles. The van der Waals surface area contributed by atoms with Gasteiger partial charge in [0, 0.05) is 25.3 Å². The number of carboxylic acid groups (broad SMARTS) is 1. The Kier molecular flexibility index (Phi) is 4.43. The summed E-state index contributed by atoms with van der Waals surface area (Å²) in [7, 11) is 0. The van der Waals surface area contributed by atoms with Crippen LogP contribution >= 0.6 is 0 Å². The van der Waals surface area contributed by atoms with E-state index >= 15 is 0 Å². The lowest BCUT2D eigenvalue weighted by Gasteiger charge is -2.26. The molecule has 0 saturated heterocycles. The van der Waals surface area contributed by atoms with Crippen LogP contribution in [0.4, 0.5) is 10.5 Å². The fraction of sp³-hybridized carbons (Fsp3) is 0.400. The van der Waals surface area contributed by atoms with Gasteiger partial charge in [0.15, 0.2) is 0 Å². The number of aromatic carboxylic acids is 1. The molecule has 0 atom stereocenters. The summed E-state index contributed by atoms with van der Waals surface area (Å²) >= 11 is 0. The van der Waals surface area contributed by atoms with Gasteiger partial charge in [-0.2, -0.15) is 5.26 Å². The van der Waals surface area contributed by atoms with E-state index in [1.807, 2.05) is 13.0 Å². The van der Waals surface area contributed by atoms with Crippen molar-refractivity contribution in [1.29, 1.82) is 5.26 Å². The molecule has 0 bridgehead atoms. The van der Waals surface area contributed by atoms with Crippen molar-refractivity contribution in [1.82, 2.24) is 4.90 Å². The Labute approximate surface area is 123 Å². The van der Waals surface area contributed by atoms with E-state index in [9.17, 15) is 9.59 Å². The van der Waals surface area contributed by atoms with E-state index < -0.39 is 5.97 Å². The van der Waals surface area contributed by atoms with Gasteiger partial charge in [0.05, 0.1) is 18.1 Å². The summed E-state index contributed by atoms with van der Waals surface area (Å²) in [6.45, 7) is 3.37. The van der Waals surface area contributed by atoms with Gasteiger partial charge in [0.1, 0.15) is 0 Å². The highest BCUT2D eigenvalue weighted by Crippen LogP contribution is 2.29. The topological polar surface area (TPSA) is 84.6 Å². The van der Waals surface area contributed by atoms with E-state index in [4.69, 9.17) is 10.4 Å². The average Bonchev–Trinajstić information content (AvgIpc) is 2.90. The maximum Gasteiger partial charge on any atom is 0.335 e. The number of urea groups is 1. The Hall–Kier alpha value is -2.55. The second kappa shape index (κ2) is 6.27. The predicted molar refractivity (Wildman–Crippen MR) is 77.3 cm³/mol. The number of rotatable bonds is 4. The third-order valence-electron chi connectivity index (χ3n) is 3.60. The fourth-order valence-electron chi connectivity index (χ4n) is 2.48. The highest BCUT2D eigenvalue weighted by molar-refractivity contribution is 5.96. The number of hydrogen-bond acceptors (Lipinski definition) is 3. The van der Waals surface area contributed by atoms with E-state index in [1.54, 1.807) is 21.9 Å². The lowest BCUT2D eigenvalue weighted by molar-refractivity contribution is 0.0697. The van der Waals surface area contributed by atoms with Gasteiger partial charge in [0.25, 0.3) is 0 Å². The van der Waals surface area contributed by atoms with E-state index in [-0.39, 0.29) is 11.6 Å². The summed E-state index contributed by atoms with van der Waals surface area (Å²) in [5, 5.41) is 17.6. The molecule has 1 heterocycles. The van der Waals surface area contributed by atoms with Crippen LogP contribution in [0.3, 0.4) is 0 Å². The number of carbonyl (C=O) groups excluding carboxylic acids is 1. The Balaban J connectivity index is 2.20. The van der Waals surface area contributed by atoms with Crippen molar-refractivity contribution >= 4 is 17.7 Å². The highest BCUT2D eigenvalue weighted by Gasteiger charge is 2.28.